The molecule has 23 heavy (non-hydrogen) atoms. The van der Waals surface area contributed by atoms with Crippen molar-refractivity contribution in [1.82, 2.24) is 5.32 Å². The van der Waals surface area contributed by atoms with E-state index in [1.165, 1.54) is 11.1 Å². The van der Waals surface area contributed by atoms with Crippen LogP contribution in [0.2, 0.25) is 0 Å². The maximum atomic E-state index is 12.5. The van der Waals surface area contributed by atoms with E-state index in [0.717, 1.165) is 24.9 Å². The number of aryl methyl sites for hydroxylation is 1. The summed E-state index contributed by atoms with van der Waals surface area (Å²) in [5.41, 5.74) is 9.66. The van der Waals surface area contributed by atoms with Gasteiger partial charge < -0.3 is 15.8 Å². The predicted octanol–water partition coefficient (Wildman–Crippen LogP) is 3.51. The Hall–Kier alpha value is -2.20. The Kier molecular flexibility index (Phi) is 5.50. The second-order valence-corrected chi connectivity index (χ2v) is 5.61. The van der Waals surface area contributed by atoms with Crippen molar-refractivity contribution in [2.45, 2.75) is 25.3 Å². The van der Waals surface area contributed by atoms with Crippen LogP contribution in [0.5, 0.6) is 5.75 Å². The molecule has 4 nitrogen and oxygen atoms in total. The first kappa shape index (κ1) is 17.2. The smallest absolute Gasteiger partial charge is 0.251 e. The first-order valence-electron chi connectivity index (χ1n) is 7.50. The van der Waals surface area contributed by atoms with Crippen LogP contribution in [0.25, 0.3) is 0 Å². The third-order valence-electron chi connectivity index (χ3n) is 4.12. The molecule has 0 spiro atoms. The molecule has 1 unspecified atom stereocenters. The number of amides is 1. The Morgan fingerprint density at radius 1 is 1.26 bits per heavy atom. The lowest BCUT2D eigenvalue weighted by atomic mass is 9.87. The molecular formula is C18H21ClN2O2. The van der Waals surface area contributed by atoms with Crippen LogP contribution in [-0.4, -0.2) is 13.0 Å². The molecule has 0 saturated carbocycles. The Balaban J connectivity index is 0.00000192. The maximum Gasteiger partial charge on any atom is 0.251 e. The van der Waals surface area contributed by atoms with Crippen LogP contribution in [0.1, 0.15) is 40.4 Å². The largest absolute Gasteiger partial charge is 0.497 e. The molecule has 1 atom stereocenters. The number of carbonyl (C=O) groups excluding carboxylic acids is 1. The van der Waals surface area contributed by atoms with Gasteiger partial charge in [0.05, 0.1) is 13.2 Å². The highest BCUT2D eigenvalue weighted by Gasteiger charge is 2.22. The lowest BCUT2D eigenvalue weighted by Gasteiger charge is -2.26. The van der Waals surface area contributed by atoms with Crippen LogP contribution in [0, 0.1) is 0 Å². The van der Waals surface area contributed by atoms with E-state index in [0.29, 0.717) is 11.3 Å². The zero-order valence-corrected chi connectivity index (χ0v) is 13.9. The number of hydrogen-bond acceptors (Lipinski definition) is 3. The van der Waals surface area contributed by atoms with Crippen LogP contribution < -0.4 is 15.8 Å². The lowest BCUT2D eigenvalue weighted by Crippen LogP contribution is -2.31. The number of methoxy groups -OCH3 is 1. The standard InChI is InChI=1S/C18H20N2O2.ClH/c1-22-15-6-2-5-13(11-15)18(21)20-17-7-3-4-12-10-14(19)8-9-16(12)17;/h2,5-6,8-11,17H,3-4,7,19H2,1H3,(H,20,21);1H. The molecule has 1 aliphatic rings. The highest BCUT2D eigenvalue weighted by molar-refractivity contribution is 5.94. The molecular weight excluding hydrogens is 312 g/mol. The number of benzene rings is 2. The van der Waals surface area contributed by atoms with Crippen molar-refractivity contribution in [3.8, 4) is 5.75 Å². The fourth-order valence-electron chi connectivity index (χ4n) is 2.99. The second kappa shape index (κ2) is 7.38. The van der Waals surface area contributed by atoms with Gasteiger partial charge in [-0.05, 0) is 60.7 Å². The first-order chi connectivity index (χ1) is 10.7. The summed E-state index contributed by atoms with van der Waals surface area (Å²) in [5, 5.41) is 3.13. The van der Waals surface area contributed by atoms with Crippen LogP contribution in [0.3, 0.4) is 0 Å². The summed E-state index contributed by atoms with van der Waals surface area (Å²) in [6.07, 6.45) is 3.03. The predicted molar refractivity (Wildman–Crippen MR) is 94.2 cm³/mol. The average Bonchev–Trinajstić information content (AvgIpc) is 2.54. The van der Waals surface area contributed by atoms with E-state index in [9.17, 15) is 4.79 Å². The molecule has 0 saturated heterocycles. The molecule has 1 amide bonds. The van der Waals surface area contributed by atoms with Gasteiger partial charge >= 0.3 is 0 Å². The van der Waals surface area contributed by atoms with Crippen LogP contribution in [-0.2, 0) is 6.42 Å². The molecule has 0 bridgehead atoms. The van der Waals surface area contributed by atoms with E-state index in [1.807, 2.05) is 30.3 Å². The monoisotopic (exact) mass is 332 g/mol. The zero-order chi connectivity index (χ0) is 15.5. The molecule has 3 N–H and O–H groups in total. The van der Waals surface area contributed by atoms with Crippen molar-refractivity contribution >= 4 is 24.0 Å². The number of fused-ring (bicyclic) bond motifs is 1. The third-order valence-corrected chi connectivity index (χ3v) is 4.12. The molecule has 3 rings (SSSR count). The number of hydrogen-bond donors (Lipinski definition) is 2. The molecule has 2 aromatic rings. The molecule has 122 valence electrons. The summed E-state index contributed by atoms with van der Waals surface area (Å²) < 4.78 is 5.17. The number of anilines is 1. The highest BCUT2D eigenvalue weighted by Crippen LogP contribution is 2.31. The van der Waals surface area contributed by atoms with Crippen molar-refractivity contribution in [3.05, 3.63) is 59.2 Å². The van der Waals surface area contributed by atoms with Crippen molar-refractivity contribution in [2.24, 2.45) is 0 Å². The van der Waals surface area contributed by atoms with E-state index in [4.69, 9.17) is 10.5 Å². The van der Waals surface area contributed by atoms with Gasteiger partial charge in [-0.3, -0.25) is 4.79 Å². The summed E-state index contributed by atoms with van der Waals surface area (Å²) in [5.74, 6) is 0.609. The van der Waals surface area contributed by atoms with Crippen molar-refractivity contribution in [2.75, 3.05) is 12.8 Å². The van der Waals surface area contributed by atoms with E-state index in [-0.39, 0.29) is 24.4 Å². The lowest BCUT2D eigenvalue weighted by molar-refractivity contribution is 0.0932. The quantitative estimate of drug-likeness (QED) is 0.845. The van der Waals surface area contributed by atoms with E-state index in [1.54, 1.807) is 19.2 Å². The second-order valence-electron chi connectivity index (χ2n) is 5.61. The summed E-state index contributed by atoms with van der Waals surface area (Å²) in [6.45, 7) is 0. The number of halogens is 1. The third kappa shape index (κ3) is 3.77. The molecule has 5 heteroatoms. The minimum atomic E-state index is -0.0754. The van der Waals surface area contributed by atoms with Crippen molar-refractivity contribution < 1.29 is 9.53 Å². The molecule has 0 aromatic heterocycles. The normalized spacial score (nSPS) is 16.0. The van der Waals surface area contributed by atoms with Gasteiger partial charge in [0.2, 0.25) is 0 Å². The van der Waals surface area contributed by atoms with E-state index >= 15 is 0 Å². The van der Waals surface area contributed by atoms with Gasteiger partial charge in [-0.15, -0.1) is 12.4 Å². The fraction of sp³-hybridized carbons (Fsp3) is 0.278. The Labute approximate surface area is 142 Å². The van der Waals surface area contributed by atoms with Crippen LogP contribution in [0.4, 0.5) is 5.69 Å². The minimum absolute atomic E-state index is 0. The molecule has 0 fully saturated rings. The zero-order valence-electron chi connectivity index (χ0n) is 13.0. The topological polar surface area (TPSA) is 64.3 Å². The minimum Gasteiger partial charge on any atom is -0.497 e. The van der Waals surface area contributed by atoms with Gasteiger partial charge in [0.15, 0.2) is 0 Å². The molecule has 0 heterocycles. The van der Waals surface area contributed by atoms with Crippen molar-refractivity contribution in [3.63, 3.8) is 0 Å². The Bertz CT molecular complexity index is 703. The first-order valence-corrected chi connectivity index (χ1v) is 7.50. The molecule has 1 aliphatic carbocycles. The number of nitrogens with two attached hydrogens (primary N) is 1. The average molecular weight is 333 g/mol. The number of nitrogens with one attached hydrogen (secondary N) is 1. The Morgan fingerprint density at radius 2 is 2.09 bits per heavy atom. The Morgan fingerprint density at radius 3 is 2.87 bits per heavy atom. The van der Waals surface area contributed by atoms with Crippen LogP contribution in [0.15, 0.2) is 42.5 Å². The van der Waals surface area contributed by atoms with Gasteiger partial charge in [-0.1, -0.05) is 12.1 Å². The summed E-state index contributed by atoms with van der Waals surface area (Å²) in [7, 11) is 1.60. The maximum absolute atomic E-state index is 12.5. The molecule has 0 aliphatic heterocycles. The summed E-state index contributed by atoms with van der Waals surface area (Å²) >= 11 is 0. The highest BCUT2D eigenvalue weighted by atomic mass is 35.5. The molecule has 2 aromatic carbocycles. The van der Waals surface area contributed by atoms with Gasteiger partial charge in [0.1, 0.15) is 5.75 Å². The van der Waals surface area contributed by atoms with Gasteiger partial charge in [-0.25, -0.2) is 0 Å². The van der Waals surface area contributed by atoms with Crippen LogP contribution >= 0.6 is 12.4 Å². The number of ether oxygens (including phenoxy) is 1. The van der Waals surface area contributed by atoms with Gasteiger partial charge in [-0.2, -0.15) is 0 Å². The SMILES string of the molecule is COc1cccc(C(=O)NC2CCCc3cc(N)ccc32)c1.Cl. The number of carbonyl (C=O) groups is 1. The van der Waals surface area contributed by atoms with E-state index in [2.05, 4.69) is 5.32 Å². The molecule has 0 radical (unpaired) electrons. The fourth-order valence-corrected chi connectivity index (χ4v) is 2.99. The van der Waals surface area contributed by atoms with E-state index < -0.39 is 0 Å². The number of rotatable bonds is 3. The van der Waals surface area contributed by atoms with Crippen molar-refractivity contribution in [1.29, 1.82) is 0 Å². The summed E-state index contributed by atoms with van der Waals surface area (Å²) in [6, 6.07) is 13.2. The summed E-state index contributed by atoms with van der Waals surface area (Å²) in [4.78, 5) is 12.5. The number of nitrogen functional groups attached to an aromatic ring is 1. The van der Waals surface area contributed by atoms with Gasteiger partial charge in [0.25, 0.3) is 5.91 Å². The van der Waals surface area contributed by atoms with Gasteiger partial charge in [0, 0.05) is 11.3 Å².